The van der Waals surface area contributed by atoms with Crippen LogP contribution in [0.5, 0.6) is 0 Å². The molecule has 0 saturated carbocycles. The third-order valence-corrected chi connectivity index (χ3v) is 7.51. The van der Waals surface area contributed by atoms with Gasteiger partial charge in [0.05, 0.1) is 11.0 Å². The molecule has 4 heterocycles. The Morgan fingerprint density at radius 1 is 0.879 bits per heavy atom. The summed E-state index contributed by atoms with van der Waals surface area (Å²) >= 11 is 0. The van der Waals surface area contributed by atoms with Gasteiger partial charge in [0.25, 0.3) is 0 Å². The quantitative estimate of drug-likeness (QED) is 0.667. The van der Waals surface area contributed by atoms with Crippen LogP contribution in [0.1, 0.15) is 43.6 Å². The van der Waals surface area contributed by atoms with E-state index in [9.17, 15) is 14.4 Å². The molecule has 1 N–H and O–H groups in total. The highest BCUT2D eigenvalue weighted by Crippen LogP contribution is 2.30. The number of nitrogens with one attached hydrogen (secondary N) is 1. The van der Waals surface area contributed by atoms with Crippen molar-refractivity contribution in [2.24, 2.45) is 7.05 Å². The molecule has 3 fully saturated rings. The van der Waals surface area contributed by atoms with Crippen molar-refractivity contribution in [2.45, 2.75) is 38.0 Å². The minimum Gasteiger partial charge on any atom is -0.314 e. The highest BCUT2D eigenvalue weighted by Gasteiger charge is 2.31. The van der Waals surface area contributed by atoms with E-state index in [1.54, 1.807) is 11.6 Å². The average Bonchev–Trinajstić information content (AvgIpc) is 3.08. The van der Waals surface area contributed by atoms with E-state index >= 15 is 0 Å². The lowest BCUT2D eigenvalue weighted by atomic mass is 9.89. The number of piperidine rings is 2. The molecular weight excluding hydrogens is 420 g/mol. The predicted molar refractivity (Wildman–Crippen MR) is 127 cm³/mol. The summed E-state index contributed by atoms with van der Waals surface area (Å²) in [6.07, 6.45) is 3.33. The number of aryl methyl sites for hydroxylation is 1. The van der Waals surface area contributed by atoms with Crippen molar-refractivity contribution in [3.63, 3.8) is 0 Å². The summed E-state index contributed by atoms with van der Waals surface area (Å²) in [4.78, 5) is 43.0. The molecule has 178 valence electrons. The zero-order valence-electron chi connectivity index (χ0n) is 19.5. The summed E-state index contributed by atoms with van der Waals surface area (Å²) in [5.74, 6) is -0.155. The van der Waals surface area contributed by atoms with Crippen molar-refractivity contribution < 1.29 is 9.59 Å². The monoisotopic (exact) mass is 454 g/mol. The molecular formula is C24H34N6O3. The number of aromatic nitrogens is 2. The lowest BCUT2D eigenvalue weighted by Gasteiger charge is -2.34. The summed E-state index contributed by atoms with van der Waals surface area (Å²) < 4.78 is 2.82. The minimum absolute atomic E-state index is 0.292. The summed E-state index contributed by atoms with van der Waals surface area (Å²) in [6, 6.07) is 6.05. The van der Waals surface area contributed by atoms with Crippen LogP contribution in [0, 0.1) is 0 Å². The van der Waals surface area contributed by atoms with Crippen molar-refractivity contribution in [1.29, 1.82) is 0 Å². The molecule has 2 aromatic rings. The number of rotatable bonds is 5. The Bertz CT molecular complexity index is 1080. The van der Waals surface area contributed by atoms with Gasteiger partial charge in [-0.05, 0) is 56.0 Å². The molecule has 0 spiro atoms. The van der Waals surface area contributed by atoms with E-state index in [1.807, 2.05) is 6.07 Å². The van der Waals surface area contributed by atoms with Crippen LogP contribution in [-0.2, 0) is 16.6 Å². The fourth-order valence-corrected chi connectivity index (χ4v) is 5.46. The first kappa shape index (κ1) is 22.3. The summed E-state index contributed by atoms with van der Waals surface area (Å²) in [5, 5.41) is 4.45. The molecule has 3 aliphatic rings. The van der Waals surface area contributed by atoms with E-state index in [0.717, 1.165) is 75.7 Å². The van der Waals surface area contributed by atoms with E-state index in [0.29, 0.717) is 30.7 Å². The third kappa shape index (κ3) is 4.37. The predicted octanol–water partition coefficient (Wildman–Crippen LogP) is 0.600. The van der Waals surface area contributed by atoms with Gasteiger partial charge in [0, 0.05) is 59.2 Å². The largest absolute Gasteiger partial charge is 0.348 e. The molecule has 9 nitrogen and oxygen atoms in total. The van der Waals surface area contributed by atoms with Gasteiger partial charge >= 0.3 is 5.69 Å². The first-order chi connectivity index (χ1) is 16.0. The maximum absolute atomic E-state index is 13.0. The van der Waals surface area contributed by atoms with Crippen molar-refractivity contribution in [1.82, 2.24) is 24.4 Å². The minimum atomic E-state index is -0.353. The Labute approximate surface area is 193 Å². The molecule has 5 rings (SSSR count). The second-order valence-electron chi connectivity index (χ2n) is 9.56. The molecule has 2 amide bonds. The molecule has 0 aliphatic carbocycles. The highest BCUT2D eigenvalue weighted by molar-refractivity contribution is 6.10. The number of hydrogen-bond acceptors (Lipinski definition) is 6. The normalized spacial score (nSPS) is 21.9. The SMILES string of the molecule is Cn1c(=O)n(N2C(=O)CCCC2=O)c2ccc(C3CCN(CCN4CCNCC4)CC3)cc21. The summed E-state index contributed by atoms with van der Waals surface area (Å²) in [6.45, 7) is 8.91. The average molecular weight is 455 g/mol. The van der Waals surface area contributed by atoms with Crippen molar-refractivity contribution in [3.05, 3.63) is 34.2 Å². The van der Waals surface area contributed by atoms with Gasteiger partial charge in [0.15, 0.2) is 0 Å². The van der Waals surface area contributed by atoms with Gasteiger partial charge in [-0.3, -0.25) is 19.1 Å². The Hall–Kier alpha value is -2.49. The van der Waals surface area contributed by atoms with Crippen LogP contribution in [-0.4, -0.2) is 83.2 Å². The van der Waals surface area contributed by atoms with E-state index in [1.165, 1.54) is 10.2 Å². The molecule has 1 aromatic heterocycles. The van der Waals surface area contributed by atoms with Gasteiger partial charge in [0.1, 0.15) is 0 Å². The second kappa shape index (κ2) is 9.40. The Kier molecular flexibility index (Phi) is 6.36. The van der Waals surface area contributed by atoms with Crippen LogP contribution in [0.2, 0.25) is 0 Å². The third-order valence-electron chi connectivity index (χ3n) is 7.51. The number of carbonyl (C=O) groups is 2. The summed E-state index contributed by atoms with van der Waals surface area (Å²) in [5.41, 5.74) is 2.26. The first-order valence-electron chi connectivity index (χ1n) is 12.3. The number of imidazole rings is 1. The molecule has 9 heteroatoms. The lowest BCUT2D eigenvalue weighted by molar-refractivity contribution is -0.131. The number of likely N-dealkylation sites (tertiary alicyclic amines) is 1. The van der Waals surface area contributed by atoms with E-state index < -0.39 is 0 Å². The molecule has 0 radical (unpaired) electrons. The standard InChI is InChI=1S/C24H34N6O3/c1-26-21-17-19(18-7-11-27(12-8-18)15-16-28-13-9-25-10-14-28)5-6-20(21)29(24(26)33)30-22(31)3-2-4-23(30)32/h5-6,17-18,25H,2-4,7-16H2,1H3. The van der Waals surface area contributed by atoms with Crippen molar-refractivity contribution >= 4 is 22.8 Å². The van der Waals surface area contributed by atoms with Gasteiger partial charge in [0.2, 0.25) is 11.8 Å². The fraction of sp³-hybridized carbons (Fsp3) is 0.625. The van der Waals surface area contributed by atoms with Gasteiger partial charge in [-0.1, -0.05) is 6.07 Å². The van der Waals surface area contributed by atoms with Crippen LogP contribution in [0.15, 0.2) is 23.0 Å². The molecule has 1 aromatic carbocycles. The molecule has 3 aliphatic heterocycles. The lowest BCUT2D eigenvalue weighted by Crippen LogP contribution is -2.52. The van der Waals surface area contributed by atoms with Crippen molar-refractivity contribution in [3.8, 4) is 0 Å². The van der Waals surface area contributed by atoms with Crippen LogP contribution < -0.4 is 16.0 Å². The molecule has 3 saturated heterocycles. The van der Waals surface area contributed by atoms with Crippen molar-refractivity contribution in [2.75, 3.05) is 57.4 Å². The Balaban J connectivity index is 1.29. The maximum atomic E-state index is 13.0. The van der Waals surface area contributed by atoms with E-state index in [-0.39, 0.29) is 17.5 Å². The van der Waals surface area contributed by atoms with Gasteiger partial charge in [-0.15, -0.1) is 0 Å². The molecule has 0 bridgehead atoms. The van der Waals surface area contributed by atoms with Gasteiger partial charge < -0.3 is 10.2 Å². The van der Waals surface area contributed by atoms with Gasteiger partial charge in [-0.25, -0.2) is 4.79 Å². The summed E-state index contributed by atoms with van der Waals surface area (Å²) in [7, 11) is 1.71. The number of imide groups is 1. The number of nitrogens with zero attached hydrogens (tertiary/aromatic N) is 5. The Morgan fingerprint density at radius 2 is 1.52 bits per heavy atom. The molecule has 0 atom stereocenters. The zero-order valence-corrected chi connectivity index (χ0v) is 19.5. The van der Waals surface area contributed by atoms with Crippen LogP contribution in [0.4, 0.5) is 0 Å². The zero-order chi connectivity index (χ0) is 22.9. The van der Waals surface area contributed by atoms with Crippen LogP contribution >= 0.6 is 0 Å². The Morgan fingerprint density at radius 3 is 2.18 bits per heavy atom. The van der Waals surface area contributed by atoms with Crippen LogP contribution in [0.25, 0.3) is 11.0 Å². The maximum Gasteiger partial charge on any atom is 0.348 e. The number of hydrogen-bond donors (Lipinski definition) is 1. The van der Waals surface area contributed by atoms with Crippen LogP contribution in [0.3, 0.4) is 0 Å². The number of benzene rings is 1. The first-order valence-corrected chi connectivity index (χ1v) is 12.3. The number of piperazine rings is 1. The highest BCUT2D eigenvalue weighted by atomic mass is 16.2. The van der Waals surface area contributed by atoms with Gasteiger partial charge in [-0.2, -0.15) is 9.69 Å². The number of fused-ring (bicyclic) bond motifs is 1. The molecule has 33 heavy (non-hydrogen) atoms. The van der Waals surface area contributed by atoms with E-state index in [4.69, 9.17) is 0 Å². The van der Waals surface area contributed by atoms with E-state index in [2.05, 4.69) is 27.2 Å². The topological polar surface area (TPSA) is 82.8 Å². The molecule has 0 unspecified atom stereocenters. The number of carbonyl (C=O) groups excluding carboxylic acids is 2. The second-order valence-corrected chi connectivity index (χ2v) is 9.56. The smallest absolute Gasteiger partial charge is 0.314 e. The fourth-order valence-electron chi connectivity index (χ4n) is 5.46. The number of amides is 2.